The molecule has 2 unspecified atom stereocenters. The first-order valence-electron chi connectivity index (χ1n) is 6.88. The van der Waals surface area contributed by atoms with Crippen LogP contribution in [0.4, 0.5) is 0 Å². The molecular weight excluding hydrogens is 214 g/mol. The van der Waals surface area contributed by atoms with Gasteiger partial charge in [-0.05, 0) is 26.7 Å². The van der Waals surface area contributed by atoms with Gasteiger partial charge in [0.05, 0.1) is 5.92 Å². The first-order chi connectivity index (χ1) is 8.09. The fourth-order valence-corrected chi connectivity index (χ4v) is 2.99. The predicted molar refractivity (Wildman–Crippen MR) is 68.6 cm³/mol. The highest BCUT2D eigenvalue weighted by Gasteiger charge is 2.34. The molecule has 1 amide bonds. The Hall–Kier alpha value is -0.610. The van der Waals surface area contributed by atoms with Crippen LogP contribution in [0.25, 0.3) is 0 Å². The number of carbonyl (C=O) groups is 1. The van der Waals surface area contributed by atoms with Crippen LogP contribution in [-0.4, -0.2) is 54.0 Å². The molecule has 2 aliphatic rings. The van der Waals surface area contributed by atoms with Crippen molar-refractivity contribution in [2.75, 3.05) is 26.2 Å². The number of carbonyl (C=O) groups excluding carboxylic acids is 1. The van der Waals surface area contributed by atoms with Gasteiger partial charge in [0.1, 0.15) is 0 Å². The van der Waals surface area contributed by atoms with Crippen molar-refractivity contribution < 1.29 is 4.79 Å². The van der Waals surface area contributed by atoms with Gasteiger partial charge in [-0.3, -0.25) is 9.69 Å². The highest BCUT2D eigenvalue weighted by molar-refractivity contribution is 5.80. The Morgan fingerprint density at radius 2 is 1.82 bits per heavy atom. The molecule has 0 aromatic heterocycles. The largest absolute Gasteiger partial charge is 0.340 e. The molecule has 4 nitrogen and oxygen atoms in total. The van der Waals surface area contributed by atoms with Crippen LogP contribution in [0.5, 0.6) is 0 Å². The van der Waals surface area contributed by atoms with E-state index in [4.69, 9.17) is 5.73 Å². The molecule has 0 bridgehead atoms. The molecular formula is C13H25N3O. The molecule has 17 heavy (non-hydrogen) atoms. The zero-order valence-electron chi connectivity index (χ0n) is 11.1. The van der Waals surface area contributed by atoms with Crippen molar-refractivity contribution in [2.24, 2.45) is 11.7 Å². The average Bonchev–Trinajstić information content (AvgIpc) is 2.74. The number of nitrogens with zero attached hydrogens (tertiary/aromatic N) is 2. The van der Waals surface area contributed by atoms with Crippen molar-refractivity contribution >= 4 is 5.91 Å². The summed E-state index contributed by atoms with van der Waals surface area (Å²) in [6.07, 6.45) is 3.12. The Morgan fingerprint density at radius 1 is 1.18 bits per heavy atom. The third-order valence-corrected chi connectivity index (χ3v) is 4.24. The minimum absolute atomic E-state index is 0.0978. The number of nitrogens with two attached hydrogens (primary N) is 1. The van der Waals surface area contributed by atoms with Crippen LogP contribution in [0.2, 0.25) is 0 Å². The van der Waals surface area contributed by atoms with Gasteiger partial charge in [-0.2, -0.15) is 0 Å². The van der Waals surface area contributed by atoms with Gasteiger partial charge >= 0.3 is 0 Å². The Bertz CT molecular complexity index is 272. The SMILES string of the molecule is CC(C)N1CCN(C(=O)C2CCCC2N)CC1. The zero-order valence-corrected chi connectivity index (χ0v) is 11.1. The summed E-state index contributed by atoms with van der Waals surface area (Å²) in [4.78, 5) is 16.8. The topological polar surface area (TPSA) is 49.6 Å². The molecule has 0 aromatic rings. The Balaban J connectivity index is 1.86. The summed E-state index contributed by atoms with van der Waals surface area (Å²) in [5.41, 5.74) is 6.00. The summed E-state index contributed by atoms with van der Waals surface area (Å²) in [5.74, 6) is 0.402. The van der Waals surface area contributed by atoms with Crippen LogP contribution in [-0.2, 0) is 4.79 Å². The van der Waals surface area contributed by atoms with E-state index in [0.717, 1.165) is 45.4 Å². The molecule has 0 aromatic carbocycles. The van der Waals surface area contributed by atoms with Crippen molar-refractivity contribution in [1.29, 1.82) is 0 Å². The number of hydrogen-bond acceptors (Lipinski definition) is 3. The van der Waals surface area contributed by atoms with Gasteiger partial charge in [-0.15, -0.1) is 0 Å². The summed E-state index contributed by atoms with van der Waals surface area (Å²) in [5, 5.41) is 0. The van der Waals surface area contributed by atoms with Gasteiger partial charge < -0.3 is 10.6 Å². The highest BCUT2D eigenvalue weighted by Crippen LogP contribution is 2.26. The van der Waals surface area contributed by atoms with Crippen LogP contribution in [0.1, 0.15) is 33.1 Å². The second kappa shape index (κ2) is 5.36. The van der Waals surface area contributed by atoms with E-state index in [-0.39, 0.29) is 12.0 Å². The quantitative estimate of drug-likeness (QED) is 0.770. The van der Waals surface area contributed by atoms with Gasteiger partial charge in [0.2, 0.25) is 5.91 Å². The Morgan fingerprint density at radius 3 is 2.29 bits per heavy atom. The molecule has 98 valence electrons. The molecule has 2 fully saturated rings. The third kappa shape index (κ3) is 2.80. The maximum absolute atomic E-state index is 12.3. The zero-order chi connectivity index (χ0) is 12.4. The van der Waals surface area contributed by atoms with Crippen LogP contribution >= 0.6 is 0 Å². The van der Waals surface area contributed by atoms with E-state index in [0.29, 0.717) is 11.9 Å². The van der Waals surface area contributed by atoms with Gasteiger partial charge in [0.25, 0.3) is 0 Å². The lowest BCUT2D eigenvalue weighted by Crippen LogP contribution is -2.53. The van der Waals surface area contributed by atoms with Gasteiger partial charge in [0.15, 0.2) is 0 Å². The second-order valence-corrected chi connectivity index (χ2v) is 5.66. The minimum atomic E-state index is 0.0978. The van der Waals surface area contributed by atoms with E-state index in [1.54, 1.807) is 0 Å². The van der Waals surface area contributed by atoms with Crippen molar-refractivity contribution in [3.8, 4) is 0 Å². The number of amides is 1. The van der Waals surface area contributed by atoms with Crippen LogP contribution in [0.3, 0.4) is 0 Å². The molecule has 2 rings (SSSR count). The summed E-state index contributed by atoms with van der Waals surface area (Å²) in [6.45, 7) is 8.19. The summed E-state index contributed by atoms with van der Waals surface area (Å²) in [7, 11) is 0. The van der Waals surface area contributed by atoms with Crippen LogP contribution < -0.4 is 5.73 Å². The smallest absolute Gasteiger partial charge is 0.227 e. The van der Waals surface area contributed by atoms with E-state index in [2.05, 4.69) is 18.7 Å². The fraction of sp³-hybridized carbons (Fsp3) is 0.923. The van der Waals surface area contributed by atoms with Gasteiger partial charge in [0, 0.05) is 38.3 Å². The van der Waals surface area contributed by atoms with Crippen molar-refractivity contribution in [3.05, 3.63) is 0 Å². The molecule has 1 aliphatic carbocycles. The molecule has 1 saturated heterocycles. The lowest BCUT2D eigenvalue weighted by Gasteiger charge is -2.38. The summed E-state index contributed by atoms with van der Waals surface area (Å²) >= 11 is 0. The lowest BCUT2D eigenvalue weighted by molar-refractivity contribution is -0.137. The number of rotatable bonds is 2. The fourth-order valence-electron chi connectivity index (χ4n) is 2.99. The molecule has 2 atom stereocenters. The molecule has 1 heterocycles. The minimum Gasteiger partial charge on any atom is -0.340 e. The van der Waals surface area contributed by atoms with E-state index in [1.165, 1.54) is 0 Å². The average molecular weight is 239 g/mol. The summed E-state index contributed by atoms with van der Waals surface area (Å²) in [6, 6.07) is 0.687. The van der Waals surface area contributed by atoms with Gasteiger partial charge in [-0.25, -0.2) is 0 Å². The summed E-state index contributed by atoms with van der Waals surface area (Å²) < 4.78 is 0. The van der Waals surface area contributed by atoms with E-state index in [1.807, 2.05) is 4.90 Å². The predicted octanol–water partition coefficient (Wildman–Crippen LogP) is 0.666. The highest BCUT2D eigenvalue weighted by atomic mass is 16.2. The maximum Gasteiger partial charge on any atom is 0.227 e. The first-order valence-corrected chi connectivity index (χ1v) is 6.88. The lowest BCUT2D eigenvalue weighted by atomic mass is 10.0. The Labute approximate surface area is 104 Å². The maximum atomic E-state index is 12.3. The van der Waals surface area contributed by atoms with Crippen molar-refractivity contribution in [3.63, 3.8) is 0 Å². The van der Waals surface area contributed by atoms with Crippen LogP contribution in [0.15, 0.2) is 0 Å². The number of hydrogen-bond donors (Lipinski definition) is 1. The molecule has 1 saturated carbocycles. The molecule has 0 spiro atoms. The second-order valence-electron chi connectivity index (χ2n) is 5.66. The first kappa shape index (κ1) is 12.8. The van der Waals surface area contributed by atoms with Crippen molar-refractivity contribution in [1.82, 2.24) is 9.80 Å². The molecule has 4 heteroatoms. The molecule has 1 aliphatic heterocycles. The van der Waals surface area contributed by atoms with E-state index < -0.39 is 0 Å². The van der Waals surface area contributed by atoms with Crippen molar-refractivity contribution in [2.45, 2.75) is 45.2 Å². The third-order valence-electron chi connectivity index (χ3n) is 4.24. The molecule has 0 radical (unpaired) electrons. The number of piperazine rings is 1. The van der Waals surface area contributed by atoms with Crippen LogP contribution in [0, 0.1) is 5.92 Å². The van der Waals surface area contributed by atoms with E-state index in [9.17, 15) is 4.79 Å². The standard InChI is InChI=1S/C13H25N3O/c1-10(2)15-6-8-16(9-7-15)13(17)11-4-3-5-12(11)14/h10-12H,3-9,14H2,1-2H3. The molecule has 2 N–H and O–H groups in total. The Kier molecular flexibility index (Phi) is 4.05. The van der Waals surface area contributed by atoms with Gasteiger partial charge in [-0.1, -0.05) is 6.42 Å². The van der Waals surface area contributed by atoms with E-state index >= 15 is 0 Å². The normalized spacial score (nSPS) is 31.2. The monoisotopic (exact) mass is 239 g/mol.